The van der Waals surface area contributed by atoms with Crippen molar-refractivity contribution in [3.8, 4) is 17.3 Å². The van der Waals surface area contributed by atoms with Crippen LogP contribution in [0.25, 0.3) is 5.69 Å². The summed E-state index contributed by atoms with van der Waals surface area (Å²) in [4.78, 5) is 0.00669. The van der Waals surface area contributed by atoms with Crippen LogP contribution in [0.1, 0.15) is 19.0 Å². The molecular formula is C19H18Cl2N2O4S. The highest BCUT2D eigenvalue weighted by Gasteiger charge is 2.21. The van der Waals surface area contributed by atoms with Gasteiger partial charge in [0.2, 0.25) is 5.88 Å². The van der Waals surface area contributed by atoms with Crippen LogP contribution in [-0.4, -0.2) is 25.3 Å². The fraction of sp³-hybridized carbons (Fsp3) is 0.211. The highest BCUT2D eigenvalue weighted by atomic mass is 35.5. The van der Waals surface area contributed by atoms with Gasteiger partial charge in [0.1, 0.15) is 10.6 Å². The second kappa shape index (κ2) is 8.43. The summed E-state index contributed by atoms with van der Waals surface area (Å²) < 4.78 is 37.3. The van der Waals surface area contributed by atoms with Crippen molar-refractivity contribution < 1.29 is 17.3 Å². The third-order valence-electron chi connectivity index (χ3n) is 3.92. The van der Waals surface area contributed by atoms with Gasteiger partial charge in [-0.15, -0.1) is 0 Å². The van der Waals surface area contributed by atoms with Crippen LogP contribution in [-0.2, 0) is 16.5 Å². The van der Waals surface area contributed by atoms with Crippen LogP contribution < -0.4 is 8.92 Å². The second-order valence-corrected chi connectivity index (χ2v) is 8.31. The predicted octanol–water partition coefficient (Wildman–Crippen LogP) is 4.91. The molecule has 0 unspecified atom stereocenters. The van der Waals surface area contributed by atoms with Gasteiger partial charge in [-0.25, -0.2) is 0 Å². The first-order valence-corrected chi connectivity index (χ1v) is 10.6. The number of ether oxygens (including phenoxy) is 1. The number of hydrogen-bond donors (Lipinski definition) is 0. The molecule has 0 aliphatic rings. The fourth-order valence-corrected chi connectivity index (χ4v) is 3.75. The Labute approximate surface area is 173 Å². The summed E-state index contributed by atoms with van der Waals surface area (Å²) in [5, 5.41) is 5.17. The molecule has 0 fully saturated rings. The monoisotopic (exact) mass is 440 g/mol. The summed E-state index contributed by atoms with van der Waals surface area (Å²) in [6.45, 7) is 2.01. The minimum Gasteiger partial charge on any atom is -0.497 e. The molecule has 0 saturated heterocycles. The van der Waals surface area contributed by atoms with Crippen molar-refractivity contribution in [2.24, 2.45) is 0 Å². The van der Waals surface area contributed by atoms with Gasteiger partial charge >= 0.3 is 10.1 Å². The molecule has 3 rings (SSSR count). The molecule has 0 atom stereocenters. The summed E-state index contributed by atoms with van der Waals surface area (Å²) in [5.41, 5.74) is 1.24. The van der Waals surface area contributed by atoms with E-state index in [9.17, 15) is 8.42 Å². The minimum atomic E-state index is -4.06. The van der Waals surface area contributed by atoms with Crippen LogP contribution >= 0.6 is 23.2 Å². The van der Waals surface area contributed by atoms with Crippen molar-refractivity contribution in [1.82, 2.24) is 9.78 Å². The van der Waals surface area contributed by atoms with Crippen LogP contribution in [0.3, 0.4) is 0 Å². The number of nitrogens with zero attached hydrogens (tertiary/aromatic N) is 2. The van der Waals surface area contributed by atoms with Gasteiger partial charge in [-0.2, -0.15) is 18.2 Å². The van der Waals surface area contributed by atoms with Crippen molar-refractivity contribution in [3.63, 3.8) is 0 Å². The average molecular weight is 441 g/mol. The van der Waals surface area contributed by atoms with Gasteiger partial charge in [0.25, 0.3) is 0 Å². The van der Waals surface area contributed by atoms with Crippen LogP contribution in [0.15, 0.2) is 53.4 Å². The molecule has 2 aromatic carbocycles. The molecule has 0 bridgehead atoms. The van der Waals surface area contributed by atoms with E-state index < -0.39 is 10.1 Å². The Morgan fingerprint density at radius 2 is 1.75 bits per heavy atom. The Bertz CT molecular complexity index is 1080. The van der Waals surface area contributed by atoms with Crippen molar-refractivity contribution in [2.45, 2.75) is 24.7 Å². The van der Waals surface area contributed by atoms with Crippen LogP contribution in [0.2, 0.25) is 10.0 Å². The zero-order chi connectivity index (χ0) is 20.3. The Morgan fingerprint density at radius 1 is 1.04 bits per heavy atom. The molecule has 6 nitrogen and oxygen atoms in total. The van der Waals surface area contributed by atoms with Crippen molar-refractivity contribution in [2.75, 3.05) is 7.11 Å². The highest BCUT2D eigenvalue weighted by molar-refractivity contribution is 7.87. The lowest BCUT2D eigenvalue weighted by atomic mass is 10.3. The first kappa shape index (κ1) is 20.5. The average Bonchev–Trinajstić information content (AvgIpc) is 3.06. The van der Waals surface area contributed by atoms with Crippen LogP contribution in [0, 0.1) is 0 Å². The summed E-state index contributed by atoms with van der Waals surface area (Å²) in [6.07, 6.45) is 1.52. The SMILES string of the molecule is CCCc1cc(OS(=O)(=O)c2ccc(OC)cc2)n(-c2ccc(Cl)c(Cl)c2)n1. The predicted molar refractivity (Wildman–Crippen MR) is 108 cm³/mol. The van der Waals surface area contributed by atoms with E-state index in [1.54, 1.807) is 36.4 Å². The van der Waals surface area contributed by atoms with E-state index in [4.69, 9.17) is 32.1 Å². The van der Waals surface area contributed by atoms with Crippen molar-refractivity contribution >= 4 is 33.3 Å². The second-order valence-electron chi connectivity index (χ2n) is 5.95. The maximum atomic E-state index is 12.7. The largest absolute Gasteiger partial charge is 0.497 e. The number of rotatable bonds is 7. The van der Waals surface area contributed by atoms with Gasteiger partial charge in [0.05, 0.1) is 28.5 Å². The normalized spacial score (nSPS) is 11.4. The number of methoxy groups -OCH3 is 1. The highest BCUT2D eigenvalue weighted by Crippen LogP contribution is 2.29. The molecule has 0 radical (unpaired) electrons. The molecule has 0 aliphatic carbocycles. The molecule has 1 heterocycles. The third-order valence-corrected chi connectivity index (χ3v) is 5.90. The summed E-state index contributed by atoms with van der Waals surface area (Å²) in [5.74, 6) is 0.614. The number of aromatic nitrogens is 2. The van der Waals surface area contributed by atoms with Gasteiger partial charge in [-0.3, -0.25) is 0 Å². The molecule has 0 saturated carbocycles. The van der Waals surface area contributed by atoms with E-state index in [0.717, 1.165) is 6.42 Å². The van der Waals surface area contributed by atoms with E-state index in [2.05, 4.69) is 5.10 Å². The van der Waals surface area contributed by atoms with E-state index in [-0.39, 0.29) is 10.8 Å². The maximum Gasteiger partial charge on any atom is 0.340 e. The third kappa shape index (κ3) is 4.43. The molecule has 0 amide bonds. The number of hydrogen-bond acceptors (Lipinski definition) is 5. The first-order valence-electron chi connectivity index (χ1n) is 8.47. The van der Waals surface area contributed by atoms with Gasteiger partial charge in [0.15, 0.2) is 0 Å². The molecule has 3 aromatic rings. The van der Waals surface area contributed by atoms with Crippen LogP contribution in [0.5, 0.6) is 11.6 Å². The lowest BCUT2D eigenvalue weighted by Gasteiger charge is -2.10. The summed E-state index contributed by atoms with van der Waals surface area (Å²) >= 11 is 12.1. The zero-order valence-corrected chi connectivity index (χ0v) is 17.6. The summed E-state index contributed by atoms with van der Waals surface area (Å²) in [6, 6.07) is 12.4. The van der Waals surface area contributed by atoms with Gasteiger partial charge in [-0.1, -0.05) is 36.5 Å². The molecule has 0 spiro atoms. The maximum absolute atomic E-state index is 12.7. The Kier molecular flexibility index (Phi) is 6.17. The number of benzene rings is 2. The van der Waals surface area contributed by atoms with Crippen molar-refractivity contribution in [3.05, 3.63) is 64.3 Å². The Hall–Kier alpha value is -2.22. The molecule has 1 aromatic heterocycles. The van der Waals surface area contributed by atoms with Gasteiger partial charge in [-0.05, 0) is 48.9 Å². The van der Waals surface area contributed by atoms with Gasteiger partial charge in [0, 0.05) is 6.07 Å². The Morgan fingerprint density at radius 3 is 2.36 bits per heavy atom. The quantitative estimate of drug-likeness (QED) is 0.488. The first-order chi connectivity index (χ1) is 13.3. The minimum absolute atomic E-state index is 0.00669. The number of halogens is 2. The molecule has 0 aliphatic heterocycles. The smallest absolute Gasteiger partial charge is 0.340 e. The van der Waals surface area contributed by atoms with Crippen molar-refractivity contribution in [1.29, 1.82) is 0 Å². The number of aryl methyl sites for hydroxylation is 1. The van der Waals surface area contributed by atoms with E-state index in [1.165, 1.54) is 23.9 Å². The lowest BCUT2D eigenvalue weighted by Crippen LogP contribution is -2.12. The van der Waals surface area contributed by atoms with Crippen LogP contribution in [0.4, 0.5) is 0 Å². The standard InChI is InChI=1S/C19H18Cl2N2O4S/c1-3-4-13-11-19(23(22-13)14-5-10-17(20)18(21)12-14)27-28(24,25)16-8-6-15(26-2)7-9-16/h5-12H,3-4H2,1-2H3. The Balaban J connectivity index is 2.01. The fourth-order valence-electron chi connectivity index (χ4n) is 2.55. The molecular weight excluding hydrogens is 423 g/mol. The molecule has 148 valence electrons. The van der Waals surface area contributed by atoms with Gasteiger partial charge < -0.3 is 8.92 Å². The molecule has 28 heavy (non-hydrogen) atoms. The summed E-state index contributed by atoms with van der Waals surface area (Å²) in [7, 11) is -2.56. The molecule has 9 heteroatoms. The van der Waals surface area contributed by atoms with E-state index in [0.29, 0.717) is 33.6 Å². The topological polar surface area (TPSA) is 70.4 Å². The zero-order valence-electron chi connectivity index (χ0n) is 15.2. The lowest BCUT2D eigenvalue weighted by molar-refractivity contribution is 0.414. The van der Waals surface area contributed by atoms with E-state index in [1.807, 2.05) is 6.92 Å². The van der Waals surface area contributed by atoms with E-state index >= 15 is 0 Å². The molecule has 0 N–H and O–H groups in total.